The van der Waals surface area contributed by atoms with E-state index < -0.39 is 5.91 Å². The number of nitrogens with zero attached hydrogens (tertiary/aromatic N) is 2. The van der Waals surface area contributed by atoms with Gasteiger partial charge in [-0.1, -0.05) is 4.49 Å². The molecule has 64 valence electrons. The number of nitrogens with one attached hydrogen (secondary N) is 2. The second-order valence-electron chi connectivity index (χ2n) is 1.92. The van der Waals surface area contributed by atoms with E-state index in [0.29, 0.717) is 4.88 Å². The van der Waals surface area contributed by atoms with Gasteiger partial charge in [-0.2, -0.15) is 0 Å². The van der Waals surface area contributed by atoms with Crippen LogP contribution in [0.4, 0.5) is 0 Å². The second kappa shape index (κ2) is 3.77. The molecule has 0 aliphatic carbocycles. The van der Waals surface area contributed by atoms with Gasteiger partial charge in [0, 0.05) is 6.92 Å². The Morgan fingerprint density at radius 2 is 2.25 bits per heavy atom. The molecule has 1 heterocycles. The van der Waals surface area contributed by atoms with Crippen LogP contribution in [0, 0.1) is 0 Å². The Morgan fingerprint density at radius 3 is 2.75 bits per heavy atom. The molecule has 1 aromatic rings. The van der Waals surface area contributed by atoms with Crippen LogP contribution >= 0.6 is 11.5 Å². The third kappa shape index (κ3) is 2.27. The summed E-state index contributed by atoms with van der Waals surface area (Å²) in [4.78, 5) is 21.7. The molecule has 1 aromatic heterocycles. The predicted molar refractivity (Wildman–Crippen MR) is 41.2 cm³/mol. The first kappa shape index (κ1) is 8.60. The Kier molecular flexibility index (Phi) is 2.70. The van der Waals surface area contributed by atoms with Crippen LogP contribution in [0.1, 0.15) is 16.6 Å². The lowest BCUT2D eigenvalue weighted by Gasteiger charge is -2.00. The van der Waals surface area contributed by atoms with Gasteiger partial charge in [0.2, 0.25) is 5.91 Å². The van der Waals surface area contributed by atoms with Gasteiger partial charge in [-0.25, -0.2) is 0 Å². The topological polar surface area (TPSA) is 84.0 Å². The molecule has 1 rings (SSSR count). The van der Waals surface area contributed by atoms with Gasteiger partial charge in [-0.05, 0) is 11.5 Å². The monoisotopic (exact) mass is 186 g/mol. The first-order valence-corrected chi connectivity index (χ1v) is 3.82. The molecule has 0 fully saturated rings. The third-order valence-electron chi connectivity index (χ3n) is 0.937. The van der Waals surface area contributed by atoms with E-state index in [9.17, 15) is 9.59 Å². The lowest BCUT2D eigenvalue weighted by Crippen LogP contribution is -2.39. The zero-order valence-electron chi connectivity index (χ0n) is 6.20. The van der Waals surface area contributed by atoms with Crippen LogP contribution in [0.15, 0.2) is 6.20 Å². The van der Waals surface area contributed by atoms with Crippen molar-refractivity contribution >= 4 is 23.3 Å². The van der Waals surface area contributed by atoms with Crippen LogP contribution in [-0.2, 0) is 4.79 Å². The Hall–Kier alpha value is -1.50. The lowest BCUT2D eigenvalue weighted by atomic mass is 10.5. The molecular formula is C5H6N4O2S. The van der Waals surface area contributed by atoms with E-state index in [4.69, 9.17) is 0 Å². The summed E-state index contributed by atoms with van der Waals surface area (Å²) in [7, 11) is 0. The summed E-state index contributed by atoms with van der Waals surface area (Å²) in [6.07, 6.45) is 1.32. The van der Waals surface area contributed by atoms with E-state index in [2.05, 4.69) is 20.4 Å². The molecule has 0 atom stereocenters. The van der Waals surface area contributed by atoms with Gasteiger partial charge in [0.1, 0.15) is 4.88 Å². The average molecular weight is 186 g/mol. The molecular weight excluding hydrogens is 180 g/mol. The minimum Gasteiger partial charge on any atom is -0.274 e. The highest BCUT2D eigenvalue weighted by Crippen LogP contribution is 1.99. The second-order valence-corrected chi connectivity index (χ2v) is 2.70. The summed E-state index contributed by atoms with van der Waals surface area (Å²) in [6, 6.07) is 0. The van der Waals surface area contributed by atoms with E-state index in [-0.39, 0.29) is 5.91 Å². The van der Waals surface area contributed by atoms with Crippen molar-refractivity contribution in [3.63, 3.8) is 0 Å². The number of hydrogen-bond donors (Lipinski definition) is 2. The van der Waals surface area contributed by atoms with E-state index in [1.54, 1.807) is 0 Å². The molecule has 0 unspecified atom stereocenters. The van der Waals surface area contributed by atoms with Gasteiger partial charge in [-0.15, -0.1) is 5.10 Å². The third-order valence-corrected chi connectivity index (χ3v) is 1.60. The van der Waals surface area contributed by atoms with Crippen molar-refractivity contribution in [3.8, 4) is 0 Å². The molecule has 2 N–H and O–H groups in total. The van der Waals surface area contributed by atoms with Crippen LogP contribution in [0.25, 0.3) is 0 Å². The molecule has 7 heteroatoms. The van der Waals surface area contributed by atoms with Crippen molar-refractivity contribution in [1.82, 2.24) is 20.4 Å². The fourth-order valence-corrected chi connectivity index (χ4v) is 0.884. The van der Waals surface area contributed by atoms with E-state index in [0.717, 1.165) is 11.5 Å². The van der Waals surface area contributed by atoms with Crippen LogP contribution in [0.2, 0.25) is 0 Å². The van der Waals surface area contributed by atoms with Gasteiger partial charge in [0.25, 0.3) is 5.91 Å². The number of carbonyl (C=O) groups excluding carboxylic acids is 2. The van der Waals surface area contributed by atoms with Crippen LogP contribution < -0.4 is 10.9 Å². The highest BCUT2D eigenvalue weighted by molar-refractivity contribution is 7.07. The number of aromatic nitrogens is 2. The van der Waals surface area contributed by atoms with E-state index >= 15 is 0 Å². The van der Waals surface area contributed by atoms with Gasteiger partial charge in [0.05, 0.1) is 6.20 Å². The van der Waals surface area contributed by atoms with Crippen LogP contribution in [-0.4, -0.2) is 21.4 Å². The highest BCUT2D eigenvalue weighted by Gasteiger charge is 2.07. The highest BCUT2D eigenvalue weighted by atomic mass is 32.1. The fourth-order valence-electron chi connectivity index (χ4n) is 0.474. The van der Waals surface area contributed by atoms with Gasteiger partial charge in [-0.3, -0.25) is 20.4 Å². The molecule has 12 heavy (non-hydrogen) atoms. The Labute approximate surface area is 72.1 Å². The maximum absolute atomic E-state index is 11.0. The summed E-state index contributed by atoms with van der Waals surface area (Å²) in [5.74, 6) is -0.749. The van der Waals surface area contributed by atoms with Crippen LogP contribution in [0.3, 0.4) is 0 Å². The van der Waals surface area contributed by atoms with E-state index in [1.807, 2.05) is 0 Å². The van der Waals surface area contributed by atoms with Crippen molar-refractivity contribution in [2.24, 2.45) is 0 Å². The zero-order chi connectivity index (χ0) is 8.97. The van der Waals surface area contributed by atoms with E-state index in [1.165, 1.54) is 13.1 Å². The number of hydrogen-bond acceptors (Lipinski definition) is 5. The molecule has 0 aliphatic heterocycles. The first-order valence-electron chi connectivity index (χ1n) is 3.04. The maximum atomic E-state index is 11.0. The van der Waals surface area contributed by atoms with Crippen molar-refractivity contribution < 1.29 is 9.59 Å². The fraction of sp³-hybridized carbons (Fsp3) is 0.200. The molecule has 0 radical (unpaired) electrons. The van der Waals surface area contributed by atoms with Crippen LogP contribution in [0.5, 0.6) is 0 Å². The van der Waals surface area contributed by atoms with Crippen molar-refractivity contribution in [2.75, 3.05) is 0 Å². The molecule has 0 saturated carbocycles. The van der Waals surface area contributed by atoms with Crippen molar-refractivity contribution in [1.29, 1.82) is 0 Å². The SMILES string of the molecule is CC(=O)NNC(=O)c1cnns1. The largest absolute Gasteiger partial charge is 0.283 e. The van der Waals surface area contributed by atoms with Crippen molar-refractivity contribution in [2.45, 2.75) is 6.92 Å². The maximum Gasteiger partial charge on any atom is 0.283 e. The predicted octanol–water partition coefficient (Wildman–Crippen LogP) is -0.681. The molecule has 0 bridgehead atoms. The number of carbonyl (C=O) groups is 2. The van der Waals surface area contributed by atoms with Gasteiger partial charge < -0.3 is 0 Å². The zero-order valence-corrected chi connectivity index (χ0v) is 7.01. The lowest BCUT2D eigenvalue weighted by molar-refractivity contribution is -0.119. The summed E-state index contributed by atoms with van der Waals surface area (Å²) >= 11 is 0.958. The molecule has 0 spiro atoms. The smallest absolute Gasteiger partial charge is 0.274 e. The molecule has 6 nitrogen and oxygen atoms in total. The molecule has 2 amide bonds. The standard InChI is InChI=1S/C5H6N4O2S/c1-3(10)7-8-5(11)4-2-6-9-12-4/h2H,1H3,(H,7,10)(H,8,11). The molecule has 0 aromatic carbocycles. The number of hydrazine groups is 1. The summed E-state index contributed by atoms with van der Waals surface area (Å²) in [5, 5.41) is 3.47. The minimum atomic E-state index is -0.416. The Morgan fingerprint density at radius 1 is 1.50 bits per heavy atom. The number of rotatable bonds is 1. The Balaban J connectivity index is 2.45. The van der Waals surface area contributed by atoms with Gasteiger partial charge in [0.15, 0.2) is 0 Å². The average Bonchev–Trinajstić information content (AvgIpc) is 2.51. The van der Waals surface area contributed by atoms with Crippen molar-refractivity contribution in [3.05, 3.63) is 11.1 Å². The molecule has 0 aliphatic rings. The summed E-state index contributed by atoms with van der Waals surface area (Å²) < 4.78 is 3.49. The van der Waals surface area contributed by atoms with Gasteiger partial charge >= 0.3 is 0 Å². The Bertz CT molecular complexity index is 284. The summed E-state index contributed by atoms with van der Waals surface area (Å²) in [6.45, 7) is 1.30. The normalized spacial score (nSPS) is 9.08. The minimum absolute atomic E-state index is 0.333. The quantitative estimate of drug-likeness (QED) is 0.569. The number of amides is 2. The molecule has 0 saturated heterocycles. The summed E-state index contributed by atoms with van der Waals surface area (Å²) in [5.41, 5.74) is 4.32. The first-order chi connectivity index (χ1) is 5.70.